The van der Waals surface area contributed by atoms with Gasteiger partial charge in [-0.15, -0.1) is 0 Å². The first-order valence-electron chi connectivity index (χ1n) is 4.76. The molecule has 0 bridgehead atoms. The predicted molar refractivity (Wildman–Crippen MR) is 59.7 cm³/mol. The largest absolute Gasteiger partial charge is 0.395 e. The standard InChI is InChI=1S/C11H16ClNO/c1-13(7-8-14)6-5-10-3-2-4-11(12)9-10/h2-4,9,14H,5-8H2,1H3. The summed E-state index contributed by atoms with van der Waals surface area (Å²) >= 11 is 5.87. The van der Waals surface area contributed by atoms with E-state index in [0.29, 0.717) is 0 Å². The second kappa shape index (κ2) is 6.02. The lowest BCUT2D eigenvalue weighted by molar-refractivity contribution is 0.223. The number of likely N-dealkylation sites (N-methyl/N-ethyl adjacent to an activating group) is 1. The maximum absolute atomic E-state index is 8.72. The van der Waals surface area contributed by atoms with E-state index in [1.54, 1.807) is 0 Å². The molecule has 0 amide bonds. The Kier molecular flexibility index (Phi) is 4.94. The summed E-state index contributed by atoms with van der Waals surface area (Å²) in [6, 6.07) is 7.89. The summed E-state index contributed by atoms with van der Waals surface area (Å²) < 4.78 is 0. The van der Waals surface area contributed by atoms with Crippen LogP contribution in [0, 0.1) is 0 Å². The lowest BCUT2D eigenvalue weighted by Gasteiger charge is -2.14. The molecule has 0 unspecified atom stereocenters. The van der Waals surface area contributed by atoms with Crippen molar-refractivity contribution in [2.75, 3.05) is 26.7 Å². The molecule has 0 aromatic heterocycles. The monoisotopic (exact) mass is 213 g/mol. The molecule has 1 aromatic carbocycles. The molecule has 78 valence electrons. The normalized spacial score (nSPS) is 10.9. The van der Waals surface area contributed by atoms with Gasteiger partial charge >= 0.3 is 0 Å². The first kappa shape index (κ1) is 11.5. The highest BCUT2D eigenvalue weighted by molar-refractivity contribution is 6.30. The van der Waals surface area contributed by atoms with Crippen LogP contribution in [0.4, 0.5) is 0 Å². The van der Waals surface area contributed by atoms with Gasteiger partial charge in [-0.25, -0.2) is 0 Å². The Bertz CT molecular complexity index is 278. The molecule has 1 aromatic rings. The van der Waals surface area contributed by atoms with Crippen LogP contribution < -0.4 is 0 Å². The van der Waals surface area contributed by atoms with Crippen molar-refractivity contribution in [1.82, 2.24) is 4.90 Å². The van der Waals surface area contributed by atoms with Crippen molar-refractivity contribution < 1.29 is 5.11 Å². The van der Waals surface area contributed by atoms with Gasteiger partial charge in [0.15, 0.2) is 0 Å². The Balaban J connectivity index is 2.37. The lowest BCUT2D eigenvalue weighted by Crippen LogP contribution is -2.24. The van der Waals surface area contributed by atoms with E-state index in [2.05, 4.69) is 11.0 Å². The van der Waals surface area contributed by atoms with Crippen LogP contribution in [0.15, 0.2) is 24.3 Å². The average molecular weight is 214 g/mol. The van der Waals surface area contributed by atoms with Crippen LogP contribution in [0.25, 0.3) is 0 Å². The first-order chi connectivity index (χ1) is 6.72. The third-order valence-electron chi connectivity index (χ3n) is 2.15. The topological polar surface area (TPSA) is 23.5 Å². The van der Waals surface area contributed by atoms with E-state index in [0.717, 1.165) is 24.5 Å². The molecule has 2 nitrogen and oxygen atoms in total. The van der Waals surface area contributed by atoms with Crippen molar-refractivity contribution in [3.8, 4) is 0 Å². The van der Waals surface area contributed by atoms with Crippen LogP contribution >= 0.6 is 11.6 Å². The molecule has 0 heterocycles. The Morgan fingerprint density at radius 1 is 1.36 bits per heavy atom. The summed E-state index contributed by atoms with van der Waals surface area (Å²) in [5.41, 5.74) is 1.24. The number of hydrogen-bond acceptors (Lipinski definition) is 2. The van der Waals surface area contributed by atoms with Crippen LogP contribution in [0.1, 0.15) is 5.56 Å². The molecule has 0 fully saturated rings. The van der Waals surface area contributed by atoms with E-state index in [-0.39, 0.29) is 6.61 Å². The highest BCUT2D eigenvalue weighted by Gasteiger charge is 1.98. The number of aliphatic hydroxyl groups excluding tert-OH is 1. The number of hydrogen-bond donors (Lipinski definition) is 1. The summed E-state index contributed by atoms with van der Waals surface area (Å²) in [6.07, 6.45) is 0.969. The van der Waals surface area contributed by atoms with Crippen molar-refractivity contribution in [2.45, 2.75) is 6.42 Å². The van der Waals surface area contributed by atoms with Gasteiger partial charge in [0.1, 0.15) is 0 Å². The van der Waals surface area contributed by atoms with Gasteiger partial charge in [0.05, 0.1) is 6.61 Å². The molecule has 0 radical (unpaired) electrons. The maximum atomic E-state index is 8.72. The van der Waals surface area contributed by atoms with Gasteiger partial charge < -0.3 is 10.0 Å². The van der Waals surface area contributed by atoms with E-state index < -0.39 is 0 Å². The zero-order valence-electron chi connectivity index (χ0n) is 8.41. The highest BCUT2D eigenvalue weighted by atomic mass is 35.5. The third kappa shape index (κ3) is 4.09. The first-order valence-corrected chi connectivity index (χ1v) is 5.14. The fourth-order valence-electron chi connectivity index (χ4n) is 1.29. The molecular formula is C11H16ClNO. The predicted octanol–water partition coefficient (Wildman–Crippen LogP) is 1.81. The molecule has 0 saturated carbocycles. The SMILES string of the molecule is CN(CCO)CCc1cccc(Cl)c1. The number of aliphatic hydroxyl groups is 1. The quantitative estimate of drug-likeness (QED) is 0.807. The molecule has 0 saturated heterocycles. The molecule has 0 spiro atoms. The number of rotatable bonds is 5. The number of benzene rings is 1. The molecule has 14 heavy (non-hydrogen) atoms. The van der Waals surface area contributed by atoms with Gasteiger partial charge in [-0.1, -0.05) is 23.7 Å². The van der Waals surface area contributed by atoms with Crippen molar-refractivity contribution in [1.29, 1.82) is 0 Å². The second-order valence-corrected chi connectivity index (χ2v) is 3.84. The lowest BCUT2D eigenvalue weighted by atomic mass is 10.1. The molecule has 1 N–H and O–H groups in total. The fraction of sp³-hybridized carbons (Fsp3) is 0.455. The molecule has 0 aliphatic rings. The van der Waals surface area contributed by atoms with E-state index >= 15 is 0 Å². The Morgan fingerprint density at radius 3 is 2.79 bits per heavy atom. The van der Waals surface area contributed by atoms with Gasteiger partial charge in [0.2, 0.25) is 0 Å². The van der Waals surface area contributed by atoms with Crippen LogP contribution in [0.5, 0.6) is 0 Å². The molecule has 0 aliphatic carbocycles. The summed E-state index contributed by atoms with van der Waals surface area (Å²) in [6.45, 7) is 1.88. The van der Waals surface area contributed by atoms with Crippen LogP contribution in [0.2, 0.25) is 5.02 Å². The minimum Gasteiger partial charge on any atom is -0.395 e. The Hall–Kier alpha value is -0.570. The molecular weight excluding hydrogens is 198 g/mol. The van der Waals surface area contributed by atoms with E-state index in [1.165, 1.54) is 5.56 Å². The zero-order valence-corrected chi connectivity index (χ0v) is 9.17. The number of halogens is 1. The summed E-state index contributed by atoms with van der Waals surface area (Å²) in [5.74, 6) is 0. The van der Waals surface area contributed by atoms with Gasteiger partial charge in [0.25, 0.3) is 0 Å². The minimum atomic E-state index is 0.214. The van der Waals surface area contributed by atoms with Crippen molar-refractivity contribution >= 4 is 11.6 Å². The van der Waals surface area contributed by atoms with Crippen molar-refractivity contribution in [3.05, 3.63) is 34.9 Å². The highest BCUT2D eigenvalue weighted by Crippen LogP contribution is 2.11. The molecule has 3 heteroatoms. The van der Waals surface area contributed by atoms with Crippen LogP contribution in [-0.4, -0.2) is 36.8 Å². The van der Waals surface area contributed by atoms with E-state index in [1.807, 2.05) is 25.2 Å². The second-order valence-electron chi connectivity index (χ2n) is 3.41. The summed E-state index contributed by atoms with van der Waals surface area (Å²) in [7, 11) is 2.00. The minimum absolute atomic E-state index is 0.214. The van der Waals surface area contributed by atoms with E-state index in [9.17, 15) is 0 Å². The van der Waals surface area contributed by atoms with Gasteiger partial charge in [-0.2, -0.15) is 0 Å². The zero-order chi connectivity index (χ0) is 10.4. The van der Waals surface area contributed by atoms with Gasteiger partial charge in [-0.3, -0.25) is 0 Å². The average Bonchev–Trinajstić information content (AvgIpc) is 2.15. The van der Waals surface area contributed by atoms with Crippen LogP contribution in [0.3, 0.4) is 0 Å². The van der Waals surface area contributed by atoms with Crippen LogP contribution in [-0.2, 0) is 6.42 Å². The van der Waals surface area contributed by atoms with E-state index in [4.69, 9.17) is 16.7 Å². The molecule has 0 atom stereocenters. The maximum Gasteiger partial charge on any atom is 0.0558 e. The van der Waals surface area contributed by atoms with Gasteiger partial charge in [0, 0.05) is 18.1 Å². The fourth-order valence-corrected chi connectivity index (χ4v) is 1.51. The van der Waals surface area contributed by atoms with Crippen molar-refractivity contribution in [2.24, 2.45) is 0 Å². The Morgan fingerprint density at radius 2 is 2.14 bits per heavy atom. The summed E-state index contributed by atoms with van der Waals surface area (Å²) in [5, 5.41) is 9.50. The van der Waals surface area contributed by atoms with Crippen molar-refractivity contribution in [3.63, 3.8) is 0 Å². The molecule has 0 aliphatic heterocycles. The Labute approximate surface area is 90.1 Å². The van der Waals surface area contributed by atoms with Gasteiger partial charge in [-0.05, 0) is 31.2 Å². The summed E-state index contributed by atoms with van der Waals surface area (Å²) in [4.78, 5) is 2.10. The smallest absolute Gasteiger partial charge is 0.0558 e. The number of nitrogens with zero attached hydrogens (tertiary/aromatic N) is 1. The molecule has 1 rings (SSSR count). The third-order valence-corrected chi connectivity index (χ3v) is 2.39.